The Labute approximate surface area is 139 Å². The van der Waals surface area contributed by atoms with Gasteiger partial charge in [0.25, 0.3) is 5.91 Å². The summed E-state index contributed by atoms with van der Waals surface area (Å²) in [6, 6.07) is 9.89. The Kier molecular flexibility index (Phi) is 4.48. The summed E-state index contributed by atoms with van der Waals surface area (Å²) in [5.41, 5.74) is 2.98. The van der Waals surface area contributed by atoms with Crippen LogP contribution < -0.4 is 4.90 Å². The van der Waals surface area contributed by atoms with Gasteiger partial charge in [0.1, 0.15) is 4.88 Å². The largest absolute Gasteiger partial charge is 0.451 e. The van der Waals surface area contributed by atoms with Crippen LogP contribution in [0.3, 0.4) is 0 Å². The van der Waals surface area contributed by atoms with E-state index < -0.39 is 5.97 Å². The number of hydrogen-bond donors (Lipinski definition) is 0. The number of fused-ring (bicyclic) bond motifs is 1. The summed E-state index contributed by atoms with van der Waals surface area (Å²) in [7, 11) is 0. The van der Waals surface area contributed by atoms with E-state index in [0.717, 1.165) is 24.1 Å². The Hall–Kier alpha value is -2.14. The SMILES string of the molecule is Cc1ccsc1C(=O)OCC(=O)N1c2ccccc2CCC1C. The third kappa shape index (κ3) is 3.15. The zero-order valence-electron chi connectivity index (χ0n) is 13.2. The van der Waals surface area contributed by atoms with Gasteiger partial charge in [0.2, 0.25) is 0 Å². The predicted octanol–water partition coefficient (Wildman–Crippen LogP) is 3.58. The summed E-state index contributed by atoms with van der Waals surface area (Å²) in [4.78, 5) is 27.0. The van der Waals surface area contributed by atoms with Crippen LogP contribution in [-0.4, -0.2) is 24.5 Å². The number of nitrogens with zero attached hydrogens (tertiary/aromatic N) is 1. The molecule has 0 saturated heterocycles. The van der Waals surface area contributed by atoms with Crippen molar-refractivity contribution in [1.29, 1.82) is 0 Å². The molecule has 0 fully saturated rings. The number of carbonyl (C=O) groups is 2. The van der Waals surface area contributed by atoms with Gasteiger partial charge < -0.3 is 9.64 Å². The summed E-state index contributed by atoms with van der Waals surface area (Å²) in [5.74, 6) is -0.601. The Balaban J connectivity index is 1.71. The molecule has 1 aromatic heterocycles. The van der Waals surface area contributed by atoms with Crippen LogP contribution in [0, 0.1) is 6.92 Å². The lowest BCUT2D eigenvalue weighted by molar-refractivity contribution is -0.122. The zero-order chi connectivity index (χ0) is 16.4. The highest BCUT2D eigenvalue weighted by molar-refractivity contribution is 7.12. The summed E-state index contributed by atoms with van der Waals surface area (Å²) in [6.07, 6.45) is 1.88. The maximum absolute atomic E-state index is 12.6. The van der Waals surface area contributed by atoms with E-state index >= 15 is 0 Å². The quantitative estimate of drug-likeness (QED) is 0.809. The summed E-state index contributed by atoms with van der Waals surface area (Å²) in [6.45, 7) is 3.66. The molecule has 1 unspecified atom stereocenters. The van der Waals surface area contributed by atoms with Gasteiger partial charge in [-0.2, -0.15) is 0 Å². The maximum Gasteiger partial charge on any atom is 0.349 e. The molecule has 0 N–H and O–H groups in total. The molecule has 4 nitrogen and oxygen atoms in total. The molecule has 5 heteroatoms. The van der Waals surface area contributed by atoms with Crippen LogP contribution in [0.2, 0.25) is 0 Å². The number of aryl methyl sites for hydroxylation is 2. The highest BCUT2D eigenvalue weighted by Gasteiger charge is 2.28. The van der Waals surface area contributed by atoms with Crippen molar-refractivity contribution in [2.45, 2.75) is 32.7 Å². The van der Waals surface area contributed by atoms with Crippen molar-refractivity contribution in [3.8, 4) is 0 Å². The Morgan fingerprint density at radius 1 is 1.30 bits per heavy atom. The normalized spacial score (nSPS) is 16.8. The van der Waals surface area contributed by atoms with Gasteiger partial charge >= 0.3 is 5.97 Å². The smallest absolute Gasteiger partial charge is 0.349 e. The molecule has 1 aromatic carbocycles. The number of ether oxygens (including phenoxy) is 1. The van der Waals surface area contributed by atoms with E-state index in [9.17, 15) is 9.59 Å². The number of rotatable bonds is 3. The first-order chi connectivity index (χ1) is 11.1. The minimum absolute atomic E-state index is 0.111. The molecular formula is C18H19NO3S. The molecule has 1 amide bonds. The average molecular weight is 329 g/mol. The van der Waals surface area contributed by atoms with Crippen LogP contribution in [-0.2, 0) is 16.0 Å². The van der Waals surface area contributed by atoms with E-state index in [1.807, 2.05) is 49.6 Å². The molecule has 0 bridgehead atoms. The summed E-state index contributed by atoms with van der Waals surface area (Å²) in [5, 5.41) is 1.84. The molecule has 3 rings (SSSR count). The van der Waals surface area contributed by atoms with Crippen molar-refractivity contribution >= 4 is 28.9 Å². The van der Waals surface area contributed by atoms with Gasteiger partial charge in [-0.05, 0) is 55.3 Å². The van der Waals surface area contributed by atoms with Crippen molar-refractivity contribution < 1.29 is 14.3 Å². The third-order valence-corrected chi connectivity index (χ3v) is 5.16. The Morgan fingerprint density at radius 3 is 2.83 bits per heavy atom. The third-order valence-electron chi connectivity index (χ3n) is 4.17. The van der Waals surface area contributed by atoms with E-state index in [0.29, 0.717) is 4.88 Å². The zero-order valence-corrected chi connectivity index (χ0v) is 14.1. The first-order valence-corrected chi connectivity index (χ1v) is 8.57. The van der Waals surface area contributed by atoms with Gasteiger partial charge in [-0.15, -0.1) is 11.3 Å². The molecule has 1 atom stereocenters. The molecule has 1 aliphatic heterocycles. The van der Waals surface area contributed by atoms with Crippen LogP contribution in [0.15, 0.2) is 35.7 Å². The lowest BCUT2D eigenvalue weighted by Gasteiger charge is -2.35. The molecule has 1 aliphatic rings. The number of para-hydroxylation sites is 1. The molecule has 0 saturated carbocycles. The molecular weight excluding hydrogens is 310 g/mol. The number of benzene rings is 1. The van der Waals surface area contributed by atoms with Gasteiger partial charge in [0.15, 0.2) is 6.61 Å². The molecule has 2 aromatic rings. The van der Waals surface area contributed by atoms with Crippen molar-refractivity contribution in [2.75, 3.05) is 11.5 Å². The fourth-order valence-corrected chi connectivity index (χ4v) is 3.73. The van der Waals surface area contributed by atoms with E-state index in [4.69, 9.17) is 4.74 Å². The molecule has 120 valence electrons. The Bertz CT molecular complexity index is 737. The topological polar surface area (TPSA) is 46.6 Å². The highest BCUT2D eigenvalue weighted by Crippen LogP contribution is 2.30. The van der Waals surface area contributed by atoms with E-state index in [1.54, 1.807) is 4.90 Å². The fourth-order valence-electron chi connectivity index (χ4n) is 2.91. The van der Waals surface area contributed by atoms with Gasteiger partial charge in [-0.3, -0.25) is 4.79 Å². The maximum atomic E-state index is 12.6. The fraction of sp³-hybridized carbons (Fsp3) is 0.333. The number of amides is 1. The van der Waals surface area contributed by atoms with Gasteiger partial charge in [-0.25, -0.2) is 4.79 Å². The number of esters is 1. The van der Waals surface area contributed by atoms with Crippen LogP contribution >= 0.6 is 11.3 Å². The second kappa shape index (κ2) is 6.54. The van der Waals surface area contributed by atoms with Crippen LogP contribution in [0.25, 0.3) is 0 Å². The lowest BCUT2D eigenvalue weighted by atomic mass is 9.96. The second-order valence-corrected chi connectivity index (χ2v) is 6.71. The van der Waals surface area contributed by atoms with Crippen molar-refractivity contribution in [3.63, 3.8) is 0 Å². The number of thiophene rings is 1. The van der Waals surface area contributed by atoms with Crippen molar-refractivity contribution in [1.82, 2.24) is 0 Å². The molecule has 0 spiro atoms. The van der Waals surface area contributed by atoms with Gasteiger partial charge in [0, 0.05) is 11.7 Å². The summed E-state index contributed by atoms with van der Waals surface area (Å²) < 4.78 is 5.23. The minimum Gasteiger partial charge on any atom is -0.451 e. The van der Waals surface area contributed by atoms with Crippen LogP contribution in [0.1, 0.15) is 34.1 Å². The number of hydrogen-bond acceptors (Lipinski definition) is 4. The van der Waals surface area contributed by atoms with E-state index in [1.165, 1.54) is 16.9 Å². The summed E-state index contributed by atoms with van der Waals surface area (Å²) >= 11 is 1.33. The average Bonchev–Trinajstić information content (AvgIpc) is 2.98. The van der Waals surface area contributed by atoms with E-state index in [-0.39, 0.29) is 18.6 Å². The second-order valence-electron chi connectivity index (χ2n) is 5.79. The van der Waals surface area contributed by atoms with Gasteiger partial charge in [-0.1, -0.05) is 18.2 Å². The molecule has 2 heterocycles. The van der Waals surface area contributed by atoms with Crippen molar-refractivity contribution in [2.24, 2.45) is 0 Å². The first kappa shape index (κ1) is 15.7. The first-order valence-electron chi connectivity index (χ1n) is 7.69. The van der Waals surface area contributed by atoms with Crippen LogP contribution in [0.5, 0.6) is 0 Å². The van der Waals surface area contributed by atoms with Crippen LogP contribution in [0.4, 0.5) is 5.69 Å². The predicted molar refractivity (Wildman–Crippen MR) is 91.0 cm³/mol. The van der Waals surface area contributed by atoms with Crippen molar-refractivity contribution in [3.05, 3.63) is 51.7 Å². The van der Waals surface area contributed by atoms with E-state index in [2.05, 4.69) is 0 Å². The molecule has 23 heavy (non-hydrogen) atoms. The van der Waals surface area contributed by atoms with Gasteiger partial charge in [0.05, 0.1) is 0 Å². The highest BCUT2D eigenvalue weighted by atomic mass is 32.1. The number of anilines is 1. The Morgan fingerprint density at radius 2 is 2.09 bits per heavy atom. The lowest BCUT2D eigenvalue weighted by Crippen LogP contribution is -2.44. The monoisotopic (exact) mass is 329 g/mol. The number of carbonyl (C=O) groups excluding carboxylic acids is 2. The molecule has 0 radical (unpaired) electrons. The minimum atomic E-state index is -0.427. The standard InChI is InChI=1S/C18H19NO3S/c1-12-9-10-23-17(12)18(21)22-11-16(20)19-13(2)7-8-14-5-3-4-6-15(14)19/h3-6,9-10,13H,7-8,11H2,1-2H3. The molecule has 0 aliphatic carbocycles.